The van der Waals surface area contributed by atoms with Crippen molar-refractivity contribution in [1.29, 1.82) is 0 Å². The van der Waals surface area contributed by atoms with Crippen LogP contribution in [0.25, 0.3) is 0 Å². The topological polar surface area (TPSA) is 58.6 Å². The molecule has 6 heteroatoms. The maximum Gasteiger partial charge on any atom is 0.260 e. The number of amides is 2. The Labute approximate surface area is 174 Å². The van der Waals surface area contributed by atoms with E-state index in [1.165, 1.54) is 5.56 Å². The van der Waals surface area contributed by atoms with Crippen LogP contribution in [-0.2, 0) is 4.79 Å². The molecule has 0 radical (unpaired) electrons. The highest BCUT2D eigenvalue weighted by atomic mass is 79.9. The van der Waals surface area contributed by atoms with Gasteiger partial charge in [0.25, 0.3) is 11.8 Å². The molecule has 5 nitrogen and oxygen atoms in total. The molecule has 0 atom stereocenters. The molecule has 3 rings (SSSR count). The molecule has 2 amide bonds. The van der Waals surface area contributed by atoms with Gasteiger partial charge >= 0.3 is 0 Å². The third kappa shape index (κ3) is 5.35. The minimum atomic E-state index is -0.0794. The number of ether oxygens (including phenoxy) is 1. The zero-order valence-electron chi connectivity index (χ0n) is 16.2. The zero-order valence-corrected chi connectivity index (χ0v) is 17.8. The first-order chi connectivity index (χ1) is 13.4. The van der Waals surface area contributed by atoms with E-state index in [1.54, 1.807) is 12.1 Å². The summed E-state index contributed by atoms with van der Waals surface area (Å²) >= 11 is 3.38. The van der Waals surface area contributed by atoms with Crippen molar-refractivity contribution in [3.63, 3.8) is 0 Å². The predicted octanol–water partition coefficient (Wildman–Crippen LogP) is 3.87. The van der Waals surface area contributed by atoms with Gasteiger partial charge in [-0.15, -0.1) is 0 Å². The molecule has 0 unspecified atom stereocenters. The number of aryl methyl sites for hydroxylation is 2. The summed E-state index contributed by atoms with van der Waals surface area (Å²) in [5, 5.41) is 3.06. The van der Waals surface area contributed by atoms with Crippen molar-refractivity contribution in [2.45, 2.75) is 32.7 Å². The molecule has 1 saturated heterocycles. The van der Waals surface area contributed by atoms with Gasteiger partial charge in [0.15, 0.2) is 6.61 Å². The minimum Gasteiger partial charge on any atom is -0.484 e. The number of hydrogen-bond acceptors (Lipinski definition) is 3. The van der Waals surface area contributed by atoms with Crippen molar-refractivity contribution in [1.82, 2.24) is 10.2 Å². The van der Waals surface area contributed by atoms with Gasteiger partial charge < -0.3 is 15.0 Å². The Bertz CT molecular complexity index is 861. The fourth-order valence-electron chi connectivity index (χ4n) is 3.36. The predicted molar refractivity (Wildman–Crippen MR) is 113 cm³/mol. The van der Waals surface area contributed by atoms with Gasteiger partial charge in [0.05, 0.1) is 0 Å². The summed E-state index contributed by atoms with van der Waals surface area (Å²) in [6.45, 7) is 5.30. The van der Waals surface area contributed by atoms with E-state index in [0.717, 1.165) is 28.6 Å². The number of nitrogens with one attached hydrogen (secondary N) is 1. The molecule has 1 heterocycles. The number of likely N-dealkylation sites (tertiary alicyclic amines) is 1. The highest BCUT2D eigenvalue weighted by Gasteiger charge is 2.24. The summed E-state index contributed by atoms with van der Waals surface area (Å²) in [6.07, 6.45) is 1.49. The lowest BCUT2D eigenvalue weighted by Gasteiger charge is -2.32. The van der Waals surface area contributed by atoms with Gasteiger partial charge in [0.2, 0.25) is 0 Å². The molecule has 0 aliphatic carbocycles. The van der Waals surface area contributed by atoms with Crippen LogP contribution >= 0.6 is 15.9 Å². The quantitative estimate of drug-likeness (QED) is 0.761. The maximum atomic E-state index is 12.4. The number of rotatable bonds is 5. The van der Waals surface area contributed by atoms with Crippen LogP contribution in [0.1, 0.15) is 34.3 Å². The number of carbonyl (C=O) groups is 2. The Kier molecular flexibility index (Phi) is 6.73. The van der Waals surface area contributed by atoms with E-state index in [9.17, 15) is 9.59 Å². The normalized spacial score (nSPS) is 14.6. The van der Waals surface area contributed by atoms with E-state index in [2.05, 4.69) is 21.2 Å². The van der Waals surface area contributed by atoms with Crippen LogP contribution in [0.2, 0.25) is 0 Å². The van der Waals surface area contributed by atoms with E-state index in [0.29, 0.717) is 18.7 Å². The second-order valence-electron chi connectivity index (χ2n) is 7.20. The van der Waals surface area contributed by atoms with Gasteiger partial charge in [-0.25, -0.2) is 0 Å². The van der Waals surface area contributed by atoms with Crippen LogP contribution in [-0.4, -0.2) is 42.5 Å². The highest BCUT2D eigenvalue weighted by molar-refractivity contribution is 9.10. The molecule has 2 aromatic rings. The van der Waals surface area contributed by atoms with Crippen molar-refractivity contribution in [3.05, 3.63) is 63.6 Å². The highest BCUT2D eigenvalue weighted by Crippen LogP contribution is 2.19. The Hall–Kier alpha value is -2.34. The van der Waals surface area contributed by atoms with Crippen LogP contribution in [0, 0.1) is 13.8 Å². The second-order valence-corrected chi connectivity index (χ2v) is 8.11. The maximum absolute atomic E-state index is 12.4. The van der Waals surface area contributed by atoms with Gasteiger partial charge in [-0.1, -0.05) is 39.7 Å². The van der Waals surface area contributed by atoms with Gasteiger partial charge in [0.1, 0.15) is 5.75 Å². The summed E-state index contributed by atoms with van der Waals surface area (Å²) in [7, 11) is 0. The Morgan fingerprint density at radius 3 is 2.57 bits per heavy atom. The summed E-state index contributed by atoms with van der Waals surface area (Å²) in [4.78, 5) is 26.6. The molecule has 1 N–H and O–H groups in total. The van der Waals surface area contributed by atoms with Crippen molar-refractivity contribution >= 4 is 27.7 Å². The van der Waals surface area contributed by atoms with Gasteiger partial charge in [-0.05, 0) is 56.5 Å². The number of nitrogens with zero attached hydrogens (tertiary/aromatic N) is 1. The van der Waals surface area contributed by atoms with Crippen molar-refractivity contribution < 1.29 is 14.3 Å². The average molecular weight is 445 g/mol. The molecule has 0 saturated carbocycles. The standard InChI is InChI=1S/C22H25BrN2O3/c1-15-6-7-20(16(2)12-15)28-14-21(26)25-10-8-19(9-11-25)24-22(27)17-4-3-5-18(23)13-17/h3-7,12-13,19H,8-11,14H2,1-2H3,(H,24,27). The molecule has 28 heavy (non-hydrogen) atoms. The van der Waals surface area contributed by atoms with E-state index >= 15 is 0 Å². The molecule has 148 valence electrons. The number of piperidine rings is 1. The summed E-state index contributed by atoms with van der Waals surface area (Å²) in [6, 6.07) is 13.3. The van der Waals surface area contributed by atoms with Crippen LogP contribution in [0.15, 0.2) is 46.9 Å². The zero-order chi connectivity index (χ0) is 20.1. The number of halogens is 1. The third-order valence-electron chi connectivity index (χ3n) is 4.95. The molecular weight excluding hydrogens is 420 g/mol. The van der Waals surface area contributed by atoms with Crippen molar-refractivity contribution in [2.24, 2.45) is 0 Å². The SMILES string of the molecule is Cc1ccc(OCC(=O)N2CCC(NC(=O)c3cccc(Br)c3)CC2)c(C)c1. The van der Waals surface area contributed by atoms with E-state index < -0.39 is 0 Å². The molecular formula is C22H25BrN2O3. The van der Waals surface area contributed by atoms with Crippen molar-refractivity contribution in [2.75, 3.05) is 19.7 Å². The molecule has 0 spiro atoms. The Morgan fingerprint density at radius 1 is 1.14 bits per heavy atom. The van der Waals surface area contributed by atoms with Crippen molar-refractivity contribution in [3.8, 4) is 5.75 Å². The summed E-state index contributed by atoms with van der Waals surface area (Å²) in [5.74, 6) is 0.649. The van der Waals surface area contributed by atoms with Gasteiger partial charge in [-0.2, -0.15) is 0 Å². The van der Waals surface area contributed by atoms with Crippen LogP contribution in [0.4, 0.5) is 0 Å². The third-order valence-corrected chi connectivity index (χ3v) is 5.44. The Balaban J connectivity index is 1.45. The molecule has 1 aliphatic heterocycles. The lowest BCUT2D eigenvalue weighted by molar-refractivity contribution is -0.134. The lowest BCUT2D eigenvalue weighted by Crippen LogP contribution is -2.47. The van der Waals surface area contributed by atoms with Gasteiger partial charge in [0, 0.05) is 29.2 Å². The lowest BCUT2D eigenvalue weighted by atomic mass is 10.0. The van der Waals surface area contributed by atoms with Crippen LogP contribution in [0.3, 0.4) is 0 Å². The smallest absolute Gasteiger partial charge is 0.260 e. The number of carbonyl (C=O) groups excluding carboxylic acids is 2. The first kappa shape index (κ1) is 20.4. The van der Waals surface area contributed by atoms with E-state index in [4.69, 9.17) is 4.74 Å². The number of hydrogen-bond donors (Lipinski definition) is 1. The Morgan fingerprint density at radius 2 is 1.89 bits per heavy atom. The molecule has 0 aromatic heterocycles. The first-order valence-corrected chi connectivity index (χ1v) is 10.3. The molecule has 0 bridgehead atoms. The monoisotopic (exact) mass is 444 g/mol. The van der Waals surface area contributed by atoms with Crippen LogP contribution < -0.4 is 10.1 Å². The number of benzene rings is 2. The fraction of sp³-hybridized carbons (Fsp3) is 0.364. The summed E-state index contributed by atoms with van der Waals surface area (Å²) < 4.78 is 6.58. The largest absolute Gasteiger partial charge is 0.484 e. The second kappa shape index (κ2) is 9.24. The van der Waals surface area contributed by atoms with Crippen LogP contribution in [0.5, 0.6) is 5.75 Å². The summed E-state index contributed by atoms with van der Waals surface area (Å²) in [5.41, 5.74) is 2.83. The molecule has 2 aromatic carbocycles. The van der Waals surface area contributed by atoms with E-state index in [-0.39, 0.29) is 24.5 Å². The van der Waals surface area contributed by atoms with E-state index in [1.807, 2.05) is 49.1 Å². The molecule has 1 fully saturated rings. The fourth-order valence-corrected chi connectivity index (χ4v) is 3.76. The minimum absolute atomic E-state index is 0.0169. The first-order valence-electron chi connectivity index (χ1n) is 9.46. The molecule has 1 aliphatic rings. The van der Waals surface area contributed by atoms with Gasteiger partial charge in [-0.3, -0.25) is 9.59 Å². The average Bonchev–Trinajstić information content (AvgIpc) is 2.67.